The van der Waals surface area contributed by atoms with Gasteiger partial charge in [0.05, 0.1) is 18.4 Å². The molecule has 42 heavy (non-hydrogen) atoms. The van der Waals surface area contributed by atoms with Crippen LogP contribution in [0.15, 0.2) is 67.0 Å². The number of hydrogen-bond donors (Lipinski definition) is 2. The van der Waals surface area contributed by atoms with Crippen LogP contribution in [-0.4, -0.2) is 77.6 Å². The lowest BCUT2D eigenvalue weighted by atomic mass is 9.95. The van der Waals surface area contributed by atoms with Crippen molar-refractivity contribution in [1.82, 2.24) is 24.8 Å². The Morgan fingerprint density at radius 3 is 2.36 bits per heavy atom. The number of amides is 1. The lowest BCUT2D eigenvalue weighted by Gasteiger charge is -2.35. The number of carbonyl (C=O) groups is 1. The third kappa shape index (κ3) is 7.12. The number of piperazine rings is 1. The largest absolute Gasteiger partial charge is 0.506 e. The zero-order valence-electron chi connectivity index (χ0n) is 22.3. The van der Waals surface area contributed by atoms with Crippen LogP contribution in [0.2, 0.25) is 0 Å². The summed E-state index contributed by atoms with van der Waals surface area (Å²) >= 11 is 0. The smallest absolute Gasteiger partial charge is 0.390 e. The number of nitrogens with one attached hydrogen (secondary N) is 1. The Kier molecular flexibility index (Phi) is 8.27. The molecular weight excluding hydrogens is 573 g/mol. The molecule has 0 spiro atoms. The number of aromatic nitrogens is 3. The van der Waals surface area contributed by atoms with Crippen molar-refractivity contribution in [3.63, 3.8) is 0 Å². The molecule has 3 heterocycles. The second kappa shape index (κ2) is 11.9. The van der Waals surface area contributed by atoms with Crippen molar-refractivity contribution in [2.24, 2.45) is 0 Å². The molecule has 1 saturated heterocycles. The molecule has 2 aromatic carbocycles. The summed E-state index contributed by atoms with van der Waals surface area (Å²) in [6.45, 7) is 3.45. The minimum absolute atomic E-state index is 0.105. The molecule has 220 valence electrons. The summed E-state index contributed by atoms with van der Waals surface area (Å²) in [5, 5.41) is 19.9. The van der Waals surface area contributed by atoms with Gasteiger partial charge in [-0.15, -0.1) is 10.2 Å². The molecule has 2 aromatic heterocycles. The Morgan fingerprint density at radius 2 is 1.69 bits per heavy atom. The molecular formula is C28H27F3N6O4S. The van der Waals surface area contributed by atoms with Gasteiger partial charge in [-0.1, -0.05) is 36.4 Å². The van der Waals surface area contributed by atoms with Crippen LogP contribution in [0.3, 0.4) is 0 Å². The van der Waals surface area contributed by atoms with E-state index >= 15 is 0 Å². The summed E-state index contributed by atoms with van der Waals surface area (Å²) in [7, 11) is -4.47. The van der Waals surface area contributed by atoms with Crippen LogP contribution in [-0.2, 0) is 16.6 Å². The molecule has 1 amide bonds. The van der Waals surface area contributed by atoms with E-state index in [0.717, 1.165) is 47.1 Å². The van der Waals surface area contributed by atoms with E-state index in [-0.39, 0.29) is 11.4 Å². The minimum atomic E-state index is -4.66. The first-order valence-corrected chi connectivity index (χ1v) is 14.7. The van der Waals surface area contributed by atoms with E-state index in [2.05, 4.69) is 38.3 Å². The Bertz CT molecular complexity index is 1690. The first kappa shape index (κ1) is 29.2. The molecule has 0 saturated carbocycles. The molecule has 0 atom stereocenters. The van der Waals surface area contributed by atoms with Crippen LogP contribution >= 0.6 is 0 Å². The molecule has 0 aliphatic carbocycles. The highest BCUT2D eigenvalue weighted by atomic mass is 32.2. The van der Waals surface area contributed by atoms with Crippen LogP contribution in [0, 0.1) is 0 Å². The maximum Gasteiger partial charge on any atom is 0.390 e. The number of halogens is 3. The van der Waals surface area contributed by atoms with Gasteiger partial charge in [-0.05, 0) is 40.1 Å². The number of pyridine rings is 1. The summed E-state index contributed by atoms with van der Waals surface area (Å²) in [6.07, 6.45) is -3.10. The molecule has 1 aliphatic heterocycles. The number of carbonyl (C=O) groups excluding carboxylic acids is 1. The third-order valence-electron chi connectivity index (χ3n) is 6.92. The Hall–Kier alpha value is -4.30. The molecule has 2 N–H and O–H groups in total. The predicted octanol–water partition coefficient (Wildman–Crippen LogP) is 3.73. The lowest BCUT2D eigenvalue weighted by molar-refractivity contribution is -0.130. The van der Waals surface area contributed by atoms with Gasteiger partial charge >= 0.3 is 6.18 Å². The van der Waals surface area contributed by atoms with E-state index < -0.39 is 34.3 Å². The van der Waals surface area contributed by atoms with Gasteiger partial charge in [-0.25, -0.2) is 13.1 Å². The number of benzene rings is 2. The second-order valence-corrected chi connectivity index (χ2v) is 11.7. The SMILES string of the molecule is O=C(NS(=O)(=O)CCC(F)(F)F)c1ccc(N2CCN(Cc3ccc(-c4cncc(O)c4)c4ccccc34)CC2)nn1. The van der Waals surface area contributed by atoms with E-state index in [9.17, 15) is 31.5 Å². The van der Waals surface area contributed by atoms with Crippen LogP contribution < -0.4 is 9.62 Å². The fourth-order valence-electron chi connectivity index (χ4n) is 4.81. The highest BCUT2D eigenvalue weighted by Crippen LogP contribution is 2.32. The normalized spacial score (nSPS) is 14.7. The number of anilines is 1. The van der Waals surface area contributed by atoms with Crippen molar-refractivity contribution >= 4 is 32.5 Å². The van der Waals surface area contributed by atoms with Gasteiger partial charge in [0.1, 0.15) is 5.75 Å². The number of fused-ring (bicyclic) bond motifs is 1. The van der Waals surface area contributed by atoms with Crippen molar-refractivity contribution < 1.29 is 31.5 Å². The van der Waals surface area contributed by atoms with Crippen molar-refractivity contribution in [1.29, 1.82) is 0 Å². The lowest BCUT2D eigenvalue weighted by Crippen LogP contribution is -2.46. The number of aromatic hydroxyl groups is 1. The van der Waals surface area contributed by atoms with E-state index in [1.807, 2.05) is 23.1 Å². The molecule has 5 rings (SSSR count). The molecule has 1 fully saturated rings. The maximum atomic E-state index is 12.3. The highest BCUT2D eigenvalue weighted by molar-refractivity contribution is 7.90. The van der Waals surface area contributed by atoms with E-state index in [1.165, 1.54) is 18.3 Å². The van der Waals surface area contributed by atoms with Crippen molar-refractivity contribution in [2.45, 2.75) is 19.1 Å². The summed E-state index contributed by atoms with van der Waals surface area (Å²) < 4.78 is 62.2. The molecule has 0 radical (unpaired) electrons. The van der Waals surface area contributed by atoms with Gasteiger partial charge in [0, 0.05) is 44.5 Å². The van der Waals surface area contributed by atoms with Gasteiger partial charge < -0.3 is 10.0 Å². The molecule has 1 aliphatic rings. The average molecular weight is 601 g/mol. The Morgan fingerprint density at radius 1 is 0.952 bits per heavy atom. The summed E-state index contributed by atoms with van der Waals surface area (Å²) in [6, 6.07) is 16.7. The predicted molar refractivity (Wildman–Crippen MR) is 150 cm³/mol. The second-order valence-electron chi connectivity index (χ2n) is 9.90. The first-order chi connectivity index (χ1) is 20.0. The summed E-state index contributed by atoms with van der Waals surface area (Å²) in [5.41, 5.74) is 2.66. The molecule has 10 nitrogen and oxygen atoms in total. The maximum absolute atomic E-state index is 12.3. The fraction of sp³-hybridized carbons (Fsp3) is 0.286. The Balaban J connectivity index is 1.20. The zero-order valence-corrected chi connectivity index (χ0v) is 23.1. The Labute approximate surface area is 239 Å². The standard InChI is InChI=1S/C28H27F3N6O4S/c29-28(30,31)9-14-42(40,41)35-27(39)25-7-8-26(34-33-25)37-12-10-36(11-13-37)18-19-5-6-23(20-15-21(38)17-32-16-20)24-4-2-1-3-22(19)24/h1-8,15-17,38H,9-14,18H2,(H,35,39). The van der Waals surface area contributed by atoms with Gasteiger partial charge in [-0.3, -0.25) is 14.7 Å². The summed E-state index contributed by atoms with van der Waals surface area (Å²) in [5.74, 6) is -1.79. The van der Waals surface area contributed by atoms with Gasteiger partial charge in [0.2, 0.25) is 10.0 Å². The molecule has 14 heteroatoms. The van der Waals surface area contributed by atoms with Gasteiger partial charge in [0.15, 0.2) is 11.5 Å². The van der Waals surface area contributed by atoms with Crippen LogP contribution in [0.1, 0.15) is 22.5 Å². The van der Waals surface area contributed by atoms with Crippen molar-refractivity contribution in [3.8, 4) is 16.9 Å². The monoisotopic (exact) mass is 600 g/mol. The first-order valence-electron chi connectivity index (χ1n) is 13.0. The van der Waals surface area contributed by atoms with Crippen molar-refractivity contribution in [3.05, 3.63) is 78.2 Å². The van der Waals surface area contributed by atoms with Crippen LogP contribution in [0.5, 0.6) is 5.75 Å². The molecule has 0 unspecified atom stereocenters. The number of alkyl halides is 3. The zero-order chi connectivity index (χ0) is 29.9. The highest BCUT2D eigenvalue weighted by Gasteiger charge is 2.31. The number of hydrogen-bond acceptors (Lipinski definition) is 9. The number of nitrogens with zero attached hydrogens (tertiary/aromatic N) is 5. The molecule has 0 bridgehead atoms. The molecule has 4 aromatic rings. The minimum Gasteiger partial charge on any atom is -0.506 e. The van der Waals surface area contributed by atoms with Gasteiger partial charge in [0.25, 0.3) is 5.91 Å². The number of rotatable bonds is 8. The number of sulfonamides is 1. The topological polar surface area (TPSA) is 129 Å². The third-order valence-corrected chi connectivity index (χ3v) is 8.16. The average Bonchev–Trinajstić information content (AvgIpc) is 2.96. The van der Waals surface area contributed by atoms with Crippen LogP contribution in [0.4, 0.5) is 19.0 Å². The van der Waals surface area contributed by atoms with Crippen LogP contribution in [0.25, 0.3) is 21.9 Å². The fourth-order valence-corrected chi connectivity index (χ4v) is 5.80. The van der Waals surface area contributed by atoms with E-state index in [1.54, 1.807) is 17.0 Å². The quantitative estimate of drug-likeness (QED) is 0.311. The van der Waals surface area contributed by atoms with Gasteiger partial charge in [-0.2, -0.15) is 13.2 Å². The van der Waals surface area contributed by atoms with E-state index in [0.29, 0.717) is 18.9 Å². The van der Waals surface area contributed by atoms with Crippen molar-refractivity contribution in [2.75, 3.05) is 36.8 Å². The van der Waals surface area contributed by atoms with E-state index in [4.69, 9.17) is 0 Å². The summed E-state index contributed by atoms with van der Waals surface area (Å²) in [4.78, 5) is 20.6.